The van der Waals surface area contributed by atoms with E-state index in [2.05, 4.69) is 43.4 Å². The molecule has 2 nitrogen and oxygen atoms in total. The first-order valence-electron chi connectivity index (χ1n) is 8.44. The zero-order valence-electron chi connectivity index (χ0n) is 13.6. The largest absolute Gasteiger partial charge is 0.481 e. The molecule has 0 aromatic heterocycles. The first-order chi connectivity index (χ1) is 10.3. The Morgan fingerprint density at radius 2 is 1.29 bits per heavy atom. The van der Waals surface area contributed by atoms with Gasteiger partial charge in [0, 0.05) is 6.42 Å². The van der Waals surface area contributed by atoms with E-state index in [0.717, 1.165) is 38.5 Å². The van der Waals surface area contributed by atoms with Crippen molar-refractivity contribution in [2.24, 2.45) is 0 Å². The summed E-state index contributed by atoms with van der Waals surface area (Å²) >= 11 is 0. The maximum absolute atomic E-state index is 10.3. The van der Waals surface area contributed by atoms with E-state index in [-0.39, 0.29) is 0 Å². The monoisotopic (exact) mass is 292 g/mol. The minimum Gasteiger partial charge on any atom is -0.481 e. The minimum atomic E-state index is -0.674. The summed E-state index contributed by atoms with van der Waals surface area (Å²) in [7, 11) is 0. The molecule has 0 aliphatic heterocycles. The first-order valence-corrected chi connectivity index (χ1v) is 8.44. The zero-order chi connectivity index (χ0) is 15.6. The van der Waals surface area contributed by atoms with E-state index in [0.29, 0.717) is 6.42 Å². The minimum absolute atomic E-state index is 0.319. The maximum atomic E-state index is 10.3. The molecule has 0 aliphatic carbocycles. The lowest BCUT2D eigenvalue weighted by atomic mass is 10.1. The van der Waals surface area contributed by atoms with Gasteiger partial charge in [-0.15, -0.1) is 0 Å². The molecule has 0 aromatic rings. The van der Waals surface area contributed by atoms with E-state index in [1.165, 1.54) is 25.7 Å². The summed E-state index contributed by atoms with van der Waals surface area (Å²) in [5, 5.41) is 8.51. The molecule has 0 saturated heterocycles. The number of rotatable bonds is 14. The van der Waals surface area contributed by atoms with Gasteiger partial charge in [-0.3, -0.25) is 4.79 Å². The standard InChI is InChI=1S/C19H32O2/c1-2-3-4-5-6-7-8-9-10-11-12-13-14-15-16-17-18-19(20)21/h4-5,7-8,10-11H,2-3,6,9,12-18H2,1H3,(H,20,21)/b5-4-,8-7-,11-10-. The van der Waals surface area contributed by atoms with Crippen LogP contribution in [-0.2, 0) is 4.79 Å². The van der Waals surface area contributed by atoms with Crippen LogP contribution in [0, 0.1) is 0 Å². The summed E-state index contributed by atoms with van der Waals surface area (Å²) in [4.78, 5) is 10.3. The Balaban J connectivity index is 3.25. The number of aliphatic carboxylic acids is 1. The zero-order valence-corrected chi connectivity index (χ0v) is 13.6. The number of unbranched alkanes of at least 4 members (excludes halogenated alkanes) is 6. The fourth-order valence-electron chi connectivity index (χ4n) is 2.01. The second-order valence-corrected chi connectivity index (χ2v) is 5.37. The third-order valence-corrected chi connectivity index (χ3v) is 3.26. The van der Waals surface area contributed by atoms with Crippen LogP contribution in [0.3, 0.4) is 0 Å². The first kappa shape index (κ1) is 19.7. The second-order valence-electron chi connectivity index (χ2n) is 5.37. The molecule has 0 saturated carbocycles. The van der Waals surface area contributed by atoms with Crippen molar-refractivity contribution < 1.29 is 9.90 Å². The van der Waals surface area contributed by atoms with Gasteiger partial charge >= 0.3 is 5.97 Å². The van der Waals surface area contributed by atoms with Crippen LogP contribution in [0.25, 0.3) is 0 Å². The quantitative estimate of drug-likeness (QED) is 0.312. The van der Waals surface area contributed by atoms with Gasteiger partial charge < -0.3 is 5.11 Å². The van der Waals surface area contributed by atoms with Crippen molar-refractivity contribution in [2.45, 2.75) is 77.6 Å². The summed E-state index contributed by atoms with van der Waals surface area (Å²) in [6.07, 6.45) is 24.8. The van der Waals surface area contributed by atoms with Crippen molar-refractivity contribution in [3.8, 4) is 0 Å². The Labute approximate surface area is 130 Å². The molecule has 0 amide bonds. The Morgan fingerprint density at radius 3 is 1.90 bits per heavy atom. The van der Waals surface area contributed by atoms with Gasteiger partial charge in [-0.2, -0.15) is 0 Å². The fourth-order valence-corrected chi connectivity index (χ4v) is 2.01. The van der Waals surface area contributed by atoms with E-state index in [4.69, 9.17) is 5.11 Å². The van der Waals surface area contributed by atoms with Crippen LogP contribution in [0.2, 0.25) is 0 Å². The van der Waals surface area contributed by atoms with Gasteiger partial charge in [0.25, 0.3) is 0 Å². The van der Waals surface area contributed by atoms with Crippen molar-refractivity contribution >= 4 is 5.97 Å². The lowest BCUT2D eigenvalue weighted by molar-refractivity contribution is -0.137. The molecule has 21 heavy (non-hydrogen) atoms. The van der Waals surface area contributed by atoms with Gasteiger partial charge in [-0.05, 0) is 38.5 Å². The molecule has 0 rings (SSSR count). The highest BCUT2D eigenvalue weighted by atomic mass is 16.4. The Morgan fingerprint density at radius 1 is 0.762 bits per heavy atom. The number of hydrogen-bond acceptors (Lipinski definition) is 1. The highest BCUT2D eigenvalue weighted by Crippen LogP contribution is 2.07. The van der Waals surface area contributed by atoms with Crippen LogP contribution in [0.15, 0.2) is 36.5 Å². The van der Waals surface area contributed by atoms with E-state index < -0.39 is 5.97 Å². The van der Waals surface area contributed by atoms with Gasteiger partial charge in [-0.25, -0.2) is 0 Å². The predicted octanol–water partition coefficient (Wildman–Crippen LogP) is 6.05. The molecule has 0 unspecified atom stereocenters. The number of carboxylic acid groups (broad SMARTS) is 1. The van der Waals surface area contributed by atoms with Crippen LogP contribution in [0.4, 0.5) is 0 Å². The van der Waals surface area contributed by atoms with E-state index >= 15 is 0 Å². The number of allylic oxidation sites excluding steroid dienone is 6. The van der Waals surface area contributed by atoms with Crippen LogP contribution in [0.1, 0.15) is 77.6 Å². The van der Waals surface area contributed by atoms with Gasteiger partial charge in [-0.1, -0.05) is 69.1 Å². The molecule has 0 spiro atoms. The van der Waals surface area contributed by atoms with Crippen molar-refractivity contribution in [3.63, 3.8) is 0 Å². The molecule has 1 N–H and O–H groups in total. The molecule has 0 atom stereocenters. The number of carboxylic acids is 1. The molecule has 0 radical (unpaired) electrons. The Kier molecular flexibility index (Phi) is 15.7. The molecule has 0 heterocycles. The van der Waals surface area contributed by atoms with Gasteiger partial charge in [0.1, 0.15) is 0 Å². The topological polar surface area (TPSA) is 37.3 Å². The van der Waals surface area contributed by atoms with Gasteiger partial charge in [0.2, 0.25) is 0 Å². The SMILES string of the molecule is CCC/C=C\C/C=C\C/C=C\CCCCCCCC(=O)O. The normalized spacial score (nSPS) is 12.0. The summed E-state index contributed by atoms with van der Waals surface area (Å²) in [5.41, 5.74) is 0. The molecule has 0 aliphatic rings. The summed E-state index contributed by atoms with van der Waals surface area (Å²) in [6.45, 7) is 2.20. The lowest BCUT2D eigenvalue weighted by Gasteiger charge is -1.98. The Hall–Kier alpha value is -1.31. The maximum Gasteiger partial charge on any atom is 0.303 e. The van der Waals surface area contributed by atoms with Crippen LogP contribution < -0.4 is 0 Å². The third-order valence-electron chi connectivity index (χ3n) is 3.26. The van der Waals surface area contributed by atoms with Crippen molar-refractivity contribution in [3.05, 3.63) is 36.5 Å². The average molecular weight is 292 g/mol. The van der Waals surface area contributed by atoms with Crippen molar-refractivity contribution in [1.29, 1.82) is 0 Å². The highest BCUT2D eigenvalue weighted by molar-refractivity contribution is 5.66. The molecule has 0 aromatic carbocycles. The van der Waals surface area contributed by atoms with E-state index in [1.54, 1.807) is 0 Å². The fraction of sp³-hybridized carbons (Fsp3) is 0.632. The number of hydrogen-bond donors (Lipinski definition) is 1. The van der Waals surface area contributed by atoms with Gasteiger partial charge in [0.05, 0.1) is 0 Å². The van der Waals surface area contributed by atoms with Crippen LogP contribution in [0.5, 0.6) is 0 Å². The second kappa shape index (κ2) is 16.7. The molecule has 0 bridgehead atoms. The van der Waals surface area contributed by atoms with E-state index in [1.807, 2.05) is 0 Å². The molecular formula is C19H32O2. The van der Waals surface area contributed by atoms with Gasteiger partial charge in [0.15, 0.2) is 0 Å². The van der Waals surface area contributed by atoms with Crippen molar-refractivity contribution in [2.75, 3.05) is 0 Å². The summed E-state index contributed by atoms with van der Waals surface area (Å²) < 4.78 is 0. The van der Waals surface area contributed by atoms with Crippen LogP contribution >= 0.6 is 0 Å². The lowest BCUT2D eigenvalue weighted by Crippen LogP contribution is -1.93. The Bertz CT molecular complexity index is 314. The molecular weight excluding hydrogens is 260 g/mol. The molecule has 2 heteroatoms. The van der Waals surface area contributed by atoms with Crippen molar-refractivity contribution in [1.82, 2.24) is 0 Å². The molecule has 120 valence electrons. The summed E-state index contributed by atoms with van der Waals surface area (Å²) in [6, 6.07) is 0. The average Bonchev–Trinajstić information content (AvgIpc) is 2.46. The van der Waals surface area contributed by atoms with Crippen LogP contribution in [-0.4, -0.2) is 11.1 Å². The highest BCUT2D eigenvalue weighted by Gasteiger charge is 1.95. The number of carbonyl (C=O) groups is 1. The predicted molar refractivity (Wildman–Crippen MR) is 91.5 cm³/mol. The molecule has 0 fully saturated rings. The third kappa shape index (κ3) is 18.7. The smallest absolute Gasteiger partial charge is 0.303 e. The van der Waals surface area contributed by atoms with E-state index in [9.17, 15) is 4.79 Å². The summed E-state index contributed by atoms with van der Waals surface area (Å²) in [5.74, 6) is -0.674.